The van der Waals surface area contributed by atoms with Gasteiger partial charge in [0.15, 0.2) is 0 Å². The molecule has 0 fully saturated rings. The summed E-state index contributed by atoms with van der Waals surface area (Å²) in [5, 5.41) is 8.77. The summed E-state index contributed by atoms with van der Waals surface area (Å²) in [4.78, 5) is 12.8. The van der Waals surface area contributed by atoms with Gasteiger partial charge >= 0.3 is 5.97 Å². The number of likely N-dealkylation sites (N-methyl/N-ethyl adjacent to an activating group) is 1. The van der Waals surface area contributed by atoms with Gasteiger partial charge in [-0.1, -0.05) is 6.07 Å². The first-order chi connectivity index (χ1) is 9.97. The van der Waals surface area contributed by atoms with Crippen molar-refractivity contribution in [2.24, 2.45) is 0 Å². The van der Waals surface area contributed by atoms with Gasteiger partial charge in [-0.3, -0.25) is 4.90 Å². The Morgan fingerprint density at radius 3 is 2.71 bits per heavy atom. The summed E-state index contributed by atoms with van der Waals surface area (Å²) in [7, 11) is 5.30. The molecule has 0 saturated carbocycles. The van der Waals surface area contributed by atoms with E-state index in [9.17, 15) is 4.79 Å². The molecule has 0 aromatic heterocycles. The Bertz CT molecular complexity index is 499. The van der Waals surface area contributed by atoms with Crippen LogP contribution in [-0.4, -0.2) is 49.9 Å². The lowest BCUT2D eigenvalue weighted by Gasteiger charge is -2.25. The number of methoxy groups -OCH3 is 2. The minimum absolute atomic E-state index is 0.262. The number of carboxylic acids is 1. The number of nitrogens with zero attached hydrogens (tertiary/aromatic N) is 1. The Morgan fingerprint density at radius 1 is 1.43 bits per heavy atom. The molecule has 0 spiro atoms. The summed E-state index contributed by atoms with van der Waals surface area (Å²) in [5.41, 5.74) is 1.88. The number of hydrogen-bond acceptors (Lipinski definition) is 4. The van der Waals surface area contributed by atoms with E-state index in [1.54, 1.807) is 20.3 Å². The van der Waals surface area contributed by atoms with E-state index in [-0.39, 0.29) is 6.04 Å². The van der Waals surface area contributed by atoms with Crippen molar-refractivity contribution in [1.29, 1.82) is 0 Å². The fourth-order valence-corrected chi connectivity index (χ4v) is 1.96. The summed E-state index contributed by atoms with van der Waals surface area (Å²) in [6.07, 6.45) is 2.75. The van der Waals surface area contributed by atoms with Gasteiger partial charge in [-0.15, -0.1) is 0 Å². The zero-order valence-electron chi connectivity index (χ0n) is 13.0. The lowest BCUT2D eigenvalue weighted by molar-refractivity contribution is -0.131. The molecular formula is C16H23NO4. The highest BCUT2D eigenvalue weighted by Gasteiger charge is 2.12. The molecular weight excluding hydrogens is 270 g/mol. The molecule has 1 rings (SSSR count). The fourth-order valence-electron chi connectivity index (χ4n) is 1.96. The highest BCUT2D eigenvalue weighted by Crippen LogP contribution is 2.21. The molecule has 0 radical (unpaired) electrons. The molecule has 116 valence electrons. The maximum atomic E-state index is 10.7. The minimum atomic E-state index is -0.960. The number of aliphatic carboxylic acids is 1. The van der Waals surface area contributed by atoms with E-state index in [0.717, 1.165) is 23.0 Å². The summed E-state index contributed by atoms with van der Waals surface area (Å²) >= 11 is 0. The van der Waals surface area contributed by atoms with Crippen molar-refractivity contribution in [3.63, 3.8) is 0 Å². The van der Waals surface area contributed by atoms with Crippen LogP contribution in [0.25, 0.3) is 6.08 Å². The Morgan fingerprint density at radius 2 is 2.14 bits per heavy atom. The van der Waals surface area contributed by atoms with Crippen molar-refractivity contribution in [1.82, 2.24) is 4.90 Å². The minimum Gasteiger partial charge on any atom is -0.497 e. The topological polar surface area (TPSA) is 59.0 Å². The molecule has 1 unspecified atom stereocenters. The zero-order chi connectivity index (χ0) is 15.8. The summed E-state index contributed by atoms with van der Waals surface area (Å²) in [5.74, 6) is -0.205. The third-order valence-electron chi connectivity index (χ3n) is 3.34. The fraction of sp³-hybridized carbons (Fsp3) is 0.438. The van der Waals surface area contributed by atoms with Crippen LogP contribution in [-0.2, 0) is 16.1 Å². The van der Waals surface area contributed by atoms with Crippen LogP contribution in [0.2, 0.25) is 0 Å². The van der Waals surface area contributed by atoms with Gasteiger partial charge in [-0.05, 0) is 43.3 Å². The second kappa shape index (κ2) is 8.44. The first-order valence-corrected chi connectivity index (χ1v) is 6.75. The molecule has 0 bridgehead atoms. The average Bonchev–Trinajstić information content (AvgIpc) is 2.45. The van der Waals surface area contributed by atoms with Gasteiger partial charge in [0.25, 0.3) is 0 Å². The Hall–Kier alpha value is -1.85. The third kappa shape index (κ3) is 5.57. The first kappa shape index (κ1) is 17.2. The van der Waals surface area contributed by atoms with Gasteiger partial charge in [0, 0.05) is 25.8 Å². The number of benzene rings is 1. The number of carbonyl (C=O) groups is 1. The van der Waals surface area contributed by atoms with Gasteiger partial charge in [0.1, 0.15) is 5.75 Å². The van der Waals surface area contributed by atoms with Gasteiger partial charge in [0.2, 0.25) is 0 Å². The summed E-state index contributed by atoms with van der Waals surface area (Å²) in [6, 6.07) is 5.88. The lowest BCUT2D eigenvalue weighted by atomic mass is 10.1. The van der Waals surface area contributed by atoms with Crippen molar-refractivity contribution in [2.75, 3.05) is 27.9 Å². The van der Waals surface area contributed by atoms with Gasteiger partial charge < -0.3 is 14.6 Å². The van der Waals surface area contributed by atoms with E-state index in [0.29, 0.717) is 13.2 Å². The van der Waals surface area contributed by atoms with Gasteiger partial charge in [0.05, 0.1) is 13.7 Å². The molecule has 0 aliphatic rings. The average molecular weight is 293 g/mol. The summed E-state index contributed by atoms with van der Waals surface area (Å²) < 4.78 is 10.4. The molecule has 21 heavy (non-hydrogen) atoms. The van der Waals surface area contributed by atoms with Crippen molar-refractivity contribution in [3.8, 4) is 5.75 Å². The van der Waals surface area contributed by atoms with Crippen molar-refractivity contribution < 1.29 is 19.4 Å². The van der Waals surface area contributed by atoms with Crippen LogP contribution in [0.1, 0.15) is 18.1 Å². The molecule has 0 aliphatic carbocycles. The highest BCUT2D eigenvalue weighted by molar-refractivity contribution is 5.85. The molecule has 1 aromatic rings. The van der Waals surface area contributed by atoms with Crippen LogP contribution < -0.4 is 4.74 Å². The van der Waals surface area contributed by atoms with Crippen LogP contribution in [0.4, 0.5) is 0 Å². The Balaban J connectivity index is 2.98. The summed E-state index contributed by atoms with van der Waals surface area (Å²) in [6.45, 7) is 3.40. The maximum Gasteiger partial charge on any atom is 0.328 e. The number of ether oxygens (including phenoxy) is 2. The second-order valence-electron chi connectivity index (χ2n) is 4.96. The Labute approximate surface area is 125 Å². The third-order valence-corrected chi connectivity index (χ3v) is 3.34. The molecule has 1 atom stereocenters. The van der Waals surface area contributed by atoms with E-state index >= 15 is 0 Å². The van der Waals surface area contributed by atoms with Gasteiger partial charge in [-0.25, -0.2) is 4.79 Å². The highest BCUT2D eigenvalue weighted by atomic mass is 16.5. The van der Waals surface area contributed by atoms with Crippen molar-refractivity contribution >= 4 is 12.0 Å². The second-order valence-corrected chi connectivity index (χ2v) is 4.96. The molecule has 1 N–H and O–H groups in total. The van der Waals surface area contributed by atoms with Crippen molar-refractivity contribution in [2.45, 2.75) is 19.5 Å². The van der Waals surface area contributed by atoms with E-state index in [1.165, 1.54) is 0 Å². The van der Waals surface area contributed by atoms with Crippen LogP contribution >= 0.6 is 0 Å². The smallest absolute Gasteiger partial charge is 0.328 e. The molecule has 5 nitrogen and oxygen atoms in total. The monoisotopic (exact) mass is 293 g/mol. The van der Waals surface area contributed by atoms with E-state index in [1.807, 2.05) is 25.2 Å². The van der Waals surface area contributed by atoms with Crippen molar-refractivity contribution in [3.05, 3.63) is 35.4 Å². The molecule has 0 saturated heterocycles. The predicted octanol–water partition coefficient (Wildman–Crippen LogP) is 2.26. The van der Waals surface area contributed by atoms with E-state index < -0.39 is 5.97 Å². The SMILES string of the molecule is COCC(C)N(C)Cc1cc(OC)ccc1C=CC(=O)O. The molecule has 0 amide bonds. The molecule has 5 heteroatoms. The molecule has 0 heterocycles. The maximum absolute atomic E-state index is 10.7. The van der Waals surface area contributed by atoms with Crippen LogP contribution in [0.15, 0.2) is 24.3 Å². The lowest BCUT2D eigenvalue weighted by Crippen LogP contribution is -2.32. The van der Waals surface area contributed by atoms with E-state index in [2.05, 4.69) is 11.8 Å². The molecule has 0 aliphatic heterocycles. The van der Waals surface area contributed by atoms with Crippen LogP contribution in [0.3, 0.4) is 0 Å². The number of hydrogen-bond donors (Lipinski definition) is 1. The Kier molecular flexibility index (Phi) is 6.91. The number of carboxylic acid groups (broad SMARTS) is 1. The van der Waals surface area contributed by atoms with E-state index in [4.69, 9.17) is 14.6 Å². The standard InChI is InChI=1S/C16H23NO4/c1-12(11-20-3)17(2)10-14-9-15(21-4)7-5-13(14)6-8-16(18)19/h5-9,12H,10-11H2,1-4H3,(H,18,19). The normalized spacial score (nSPS) is 12.8. The largest absolute Gasteiger partial charge is 0.497 e. The van der Waals surface area contributed by atoms with Gasteiger partial charge in [-0.2, -0.15) is 0 Å². The first-order valence-electron chi connectivity index (χ1n) is 6.75. The molecule has 1 aromatic carbocycles. The van der Waals surface area contributed by atoms with Crippen LogP contribution in [0, 0.1) is 0 Å². The predicted molar refractivity (Wildman–Crippen MR) is 82.5 cm³/mol. The van der Waals surface area contributed by atoms with Crippen LogP contribution in [0.5, 0.6) is 5.75 Å². The zero-order valence-corrected chi connectivity index (χ0v) is 13.0. The number of rotatable bonds is 8. The quantitative estimate of drug-likeness (QED) is 0.745.